The molecule has 0 bridgehead atoms. The monoisotopic (exact) mass is 602 g/mol. The van der Waals surface area contributed by atoms with Gasteiger partial charge in [0.1, 0.15) is 12.1 Å². The van der Waals surface area contributed by atoms with Crippen molar-refractivity contribution in [2.75, 3.05) is 6.54 Å². The fraction of sp³-hybridized carbons (Fsp3) is 0.733. The first-order valence-electron chi connectivity index (χ1n) is 14.9. The lowest BCUT2D eigenvalue weighted by molar-refractivity contribution is -0.145. The van der Waals surface area contributed by atoms with Gasteiger partial charge >= 0.3 is 6.03 Å². The first kappa shape index (κ1) is 31.9. The van der Waals surface area contributed by atoms with E-state index >= 15 is 0 Å². The summed E-state index contributed by atoms with van der Waals surface area (Å²) in [4.78, 5) is 71.4. The van der Waals surface area contributed by atoms with Gasteiger partial charge in [0.2, 0.25) is 17.6 Å². The molecular formula is C30H46N6O5S. The van der Waals surface area contributed by atoms with Crippen LogP contribution in [-0.4, -0.2) is 70.1 Å². The SMILES string of the molecule is CC(C)[C@@H](Cc1nccs1)NC(=O)N[C@H](C(=O)N1C[C@H]2[C@@H]([C@H]1C(=O)NC(CC1CC1)C(=O)C(N)=O)C2(C)C)C(C)(C)C. The van der Waals surface area contributed by atoms with Crippen LogP contribution in [0.1, 0.15) is 72.7 Å². The number of hydrogen-bond acceptors (Lipinski definition) is 7. The molecule has 1 aromatic rings. The van der Waals surface area contributed by atoms with E-state index in [1.807, 2.05) is 40.0 Å². The number of carbonyl (C=O) groups is 5. The van der Waals surface area contributed by atoms with Gasteiger partial charge in [-0.1, -0.05) is 61.3 Å². The maximum atomic E-state index is 14.2. The van der Waals surface area contributed by atoms with Crippen molar-refractivity contribution in [2.24, 2.45) is 40.2 Å². The van der Waals surface area contributed by atoms with Crippen molar-refractivity contribution in [1.82, 2.24) is 25.8 Å². The molecule has 6 atom stereocenters. The molecule has 42 heavy (non-hydrogen) atoms. The number of fused-ring (bicyclic) bond motifs is 1. The van der Waals surface area contributed by atoms with Crippen LogP contribution in [0, 0.1) is 34.5 Å². The van der Waals surface area contributed by atoms with Crippen LogP contribution in [0.2, 0.25) is 0 Å². The summed E-state index contributed by atoms with van der Waals surface area (Å²) < 4.78 is 0. The van der Waals surface area contributed by atoms with Crippen molar-refractivity contribution in [3.05, 3.63) is 16.6 Å². The summed E-state index contributed by atoms with van der Waals surface area (Å²) >= 11 is 1.53. The van der Waals surface area contributed by atoms with E-state index in [0.29, 0.717) is 19.4 Å². The lowest BCUT2D eigenvalue weighted by atomic mass is 9.85. The lowest BCUT2D eigenvalue weighted by Gasteiger charge is -2.38. The van der Waals surface area contributed by atoms with Gasteiger partial charge in [-0.15, -0.1) is 11.3 Å². The highest BCUT2D eigenvalue weighted by molar-refractivity contribution is 7.09. The number of urea groups is 1. The zero-order chi connectivity index (χ0) is 31.1. The number of hydrogen-bond donors (Lipinski definition) is 4. The maximum Gasteiger partial charge on any atom is 0.315 e. The minimum absolute atomic E-state index is 0.0928. The van der Waals surface area contributed by atoms with E-state index in [-0.39, 0.29) is 41.0 Å². The molecule has 11 nitrogen and oxygen atoms in total. The molecule has 3 fully saturated rings. The standard InChI is InChI=1S/C30H46N6O5S/c1-15(2)18(13-20-32-10-11-42-20)34-28(41)35-24(29(3,4)5)27(40)36-14-17-21(30(17,6)7)22(36)26(39)33-19(12-16-8-9-16)23(37)25(31)38/h10-11,15-19,21-22,24H,8-9,12-14H2,1-7H3,(H2,31,38)(H,33,39)(H2,34,35,41)/t17-,18+,19?,21-,22-,24+/m0/s1. The van der Waals surface area contributed by atoms with Gasteiger partial charge < -0.3 is 26.6 Å². The number of nitrogens with one attached hydrogen (secondary N) is 3. The Labute approximate surface area is 252 Å². The smallest absolute Gasteiger partial charge is 0.315 e. The number of primary amides is 1. The molecule has 0 radical (unpaired) electrons. The molecule has 2 saturated carbocycles. The number of Topliss-reactive ketones (excluding diaryl/α,β-unsaturated/α-hetero) is 1. The van der Waals surface area contributed by atoms with Gasteiger partial charge in [-0.3, -0.25) is 19.2 Å². The Morgan fingerprint density at radius 3 is 2.31 bits per heavy atom. The Kier molecular flexibility index (Phi) is 9.06. The van der Waals surface area contributed by atoms with E-state index in [1.165, 1.54) is 11.3 Å². The molecule has 5 amide bonds. The molecule has 2 aliphatic carbocycles. The Hall–Kier alpha value is -3.02. The first-order valence-corrected chi connectivity index (χ1v) is 15.8. The third-order valence-electron chi connectivity index (χ3n) is 9.29. The summed E-state index contributed by atoms with van der Waals surface area (Å²) in [6.45, 7) is 14.2. The van der Waals surface area contributed by atoms with Crippen LogP contribution in [0.3, 0.4) is 0 Å². The van der Waals surface area contributed by atoms with E-state index < -0.39 is 47.2 Å². The molecule has 0 spiro atoms. The van der Waals surface area contributed by atoms with Crippen LogP contribution in [-0.2, 0) is 25.6 Å². The zero-order valence-corrected chi connectivity index (χ0v) is 26.5. The Bertz CT molecular complexity index is 1210. The highest BCUT2D eigenvalue weighted by Crippen LogP contribution is 2.65. The van der Waals surface area contributed by atoms with Gasteiger partial charge in [-0.25, -0.2) is 9.78 Å². The third kappa shape index (κ3) is 6.95. The lowest BCUT2D eigenvalue weighted by Crippen LogP contribution is -2.62. The number of aromatic nitrogens is 1. The van der Waals surface area contributed by atoms with Crippen molar-refractivity contribution in [1.29, 1.82) is 0 Å². The van der Waals surface area contributed by atoms with E-state index in [1.54, 1.807) is 11.1 Å². The number of ketones is 1. The molecule has 12 heteroatoms. The molecule has 5 N–H and O–H groups in total. The van der Waals surface area contributed by atoms with Crippen LogP contribution >= 0.6 is 11.3 Å². The number of rotatable bonds is 12. The minimum atomic E-state index is -1.08. The van der Waals surface area contributed by atoms with E-state index in [2.05, 4.69) is 34.8 Å². The molecule has 4 rings (SSSR count). The molecule has 1 unspecified atom stereocenters. The predicted octanol–water partition coefficient (Wildman–Crippen LogP) is 2.25. The number of piperidine rings is 1. The second-order valence-corrected chi connectivity index (χ2v) is 15.2. The molecule has 2 heterocycles. The number of thiazole rings is 1. The summed E-state index contributed by atoms with van der Waals surface area (Å²) in [6, 6.07) is -3.37. The molecule has 0 aromatic carbocycles. The zero-order valence-electron chi connectivity index (χ0n) is 25.7. The van der Waals surface area contributed by atoms with Gasteiger partial charge in [0, 0.05) is 30.6 Å². The number of nitrogens with two attached hydrogens (primary N) is 1. The van der Waals surface area contributed by atoms with Gasteiger partial charge in [0.25, 0.3) is 5.91 Å². The largest absolute Gasteiger partial charge is 0.363 e. The summed E-state index contributed by atoms with van der Waals surface area (Å²) in [7, 11) is 0. The summed E-state index contributed by atoms with van der Waals surface area (Å²) in [6.07, 6.45) is 4.54. The second-order valence-electron chi connectivity index (χ2n) is 14.3. The highest BCUT2D eigenvalue weighted by atomic mass is 32.1. The summed E-state index contributed by atoms with van der Waals surface area (Å²) in [5.74, 6) is -2.28. The normalized spacial score (nSPS) is 24.8. The average Bonchev–Trinajstić information content (AvgIpc) is 3.60. The number of nitrogens with zero attached hydrogens (tertiary/aromatic N) is 2. The Morgan fingerprint density at radius 1 is 1.12 bits per heavy atom. The van der Waals surface area contributed by atoms with Crippen molar-refractivity contribution in [3.63, 3.8) is 0 Å². The van der Waals surface area contributed by atoms with Crippen molar-refractivity contribution in [2.45, 2.75) is 98.3 Å². The van der Waals surface area contributed by atoms with E-state index in [9.17, 15) is 24.0 Å². The molecule has 1 aliphatic heterocycles. The molecule has 1 saturated heterocycles. The van der Waals surface area contributed by atoms with Gasteiger partial charge in [-0.05, 0) is 40.9 Å². The Morgan fingerprint density at radius 2 is 1.79 bits per heavy atom. The number of likely N-dealkylation sites (tertiary alicyclic amines) is 1. The Balaban J connectivity index is 1.51. The fourth-order valence-corrected chi connectivity index (χ4v) is 6.99. The number of carbonyl (C=O) groups excluding carboxylic acids is 5. The first-order chi connectivity index (χ1) is 19.5. The molecular weight excluding hydrogens is 556 g/mol. The van der Waals surface area contributed by atoms with Crippen molar-refractivity contribution < 1.29 is 24.0 Å². The fourth-order valence-electron chi connectivity index (χ4n) is 6.31. The predicted molar refractivity (Wildman–Crippen MR) is 159 cm³/mol. The van der Waals surface area contributed by atoms with Gasteiger partial charge in [0.15, 0.2) is 0 Å². The quantitative estimate of drug-likeness (QED) is 0.268. The van der Waals surface area contributed by atoms with Crippen LogP contribution in [0.15, 0.2) is 11.6 Å². The van der Waals surface area contributed by atoms with E-state index in [0.717, 1.165) is 17.8 Å². The highest BCUT2D eigenvalue weighted by Gasteiger charge is 2.70. The third-order valence-corrected chi connectivity index (χ3v) is 10.1. The van der Waals surface area contributed by atoms with Crippen LogP contribution in [0.5, 0.6) is 0 Å². The number of amides is 5. The van der Waals surface area contributed by atoms with Crippen molar-refractivity contribution >= 4 is 40.9 Å². The molecule has 232 valence electrons. The summed E-state index contributed by atoms with van der Waals surface area (Å²) in [5.41, 5.74) is 4.48. The molecule has 1 aromatic heterocycles. The van der Waals surface area contributed by atoms with Crippen LogP contribution in [0.4, 0.5) is 4.79 Å². The van der Waals surface area contributed by atoms with Crippen molar-refractivity contribution in [3.8, 4) is 0 Å². The van der Waals surface area contributed by atoms with Crippen LogP contribution < -0.4 is 21.7 Å². The van der Waals surface area contributed by atoms with E-state index in [4.69, 9.17) is 5.73 Å². The average molecular weight is 603 g/mol. The van der Waals surface area contributed by atoms with Gasteiger partial charge in [0.05, 0.1) is 11.0 Å². The van der Waals surface area contributed by atoms with Gasteiger partial charge in [-0.2, -0.15) is 0 Å². The van der Waals surface area contributed by atoms with Crippen LogP contribution in [0.25, 0.3) is 0 Å². The second kappa shape index (κ2) is 11.9. The topological polar surface area (TPSA) is 164 Å². The maximum absolute atomic E-state index is 14.2. The molecule has 3 aliphatic rings. The minimum Gasteiger partial charge on any atom is -0.363 e. The summed E-state index contributed by atoms with van der Waals surface area (Å²) in [5, 5.41) is 11.5.